The number of benzene rings is 4. The summed E-state index contributed by atoms with van der Waals surface area (Å²) >= 11 is 6.49. The average molecular weight is 591 g/mol. The van der Waals surface area contributed by atoms with E-state index in [9.17, 15) is 24.5 Å². The highest BCUT2D eigenvalue weighted by Gasteiger charge is 2.68. The van der Waals surface area contributed by atoms with Gasteiger partial charge in [-0.3, -0.25) is 24.5 Å². The van der Waals surface area contributed by atoms with Gasteiger partial charge in [0.25, 0.3) is 5.69 Å². The summed E-state index contributed by atoms with van der Waals surface area (Å²) in [5, 5.41) is 15.6. The quantitative estimate of drug-likeness (QED) is 0.144. The van der Waals surface area contributed by atoms with Crippen molar-refractivity contribution in [3.05, 3.63) is 140 Å². The molecule has 2 atom stereocenters. The maximum Gasteiger partial charge on any atom is 0.269 e. The molecular weight excluding hydrogens is 568 g/mol. The zero-order chi connectivity index (χ0) is 29.9. The van der Waals surface area contributed by atoms with E-state index in [0.717, 1.165) is 22.3 Å². The molecule has 0 unspecified atom stereocenters. The summed E-state index contributed by atoms with van der Waals surface area (Å²) in [4.78, 5) is 53.1. The predicted octanol–water partition coefficient (Wildman–Crippen LogP) is 5.14. The minimum Gasteiger partial charge on any atom is -0.274 e. The Labute approximate surface area is 250 Å². The van der Waals surface area contributed by atoms with Crippen LogP contribution in [-0.4, -0.2) is 28.9 Å². The molecule has 0 spiro atoms. The predicted molar refractivity (Wildman–Crippen MR) is 160 cm³/mol. The van der Waals surface area contributed by atoms with Gasteiger partial charge in [0.2, 0.25) is 17.7 Å². The van der Waals surface area contributed by atoms with Crippen LogP contribution in [0, 0.1) is 22.0 Å². The monoisotopic (exact) mass is 590 g/mol. The van der Waals surface area contributed by atoms with Gasteiger partial charge in [-0.1, -0.05) is 84.4 Å². The second kappa shape index (κ2) is 9.99. The summed E-state index contributed by atoms with van der Waals surface area (Å²) in [5.41, 5.74) is 5.88. The van der Waals surface area contributed by atoms with Crippen LogP contribution >= 0.6 is 11.6 Å². The lowest BCUT2D eigenvalue weighted by Gasteiger charge is -2.52. The van der Waals surface area contributed by atoms with Gasteiger partial charge in [0.15, 0.2) is 0 Å². The van der Waals surface area contributed by atoms with Crippen molar-refractivity contribution in [3.63, 3.8) is 0 Å². The standard InChI is InChI=1S/C33H23ClN4O5/c34-25-11-5-6-12-26(25)37-31(40)29-28-21-7-1-3-9-23(21)33(30(29)32(37)41,24-10-4-2-8-22(24)28)18-35-36-27(39)17-19-13-15-20(16-14-19)38(42)43/h1-16,18,28-30H,17H2,(H,36,39)/b35-18-/t28?,29-,30-,33?/m1/s1. The number of nitrogens with zero attached hydrogens (tertiary/aromatic N) is 3. The van der Waals surface area contributed by atoms with Crippen LogP contribution in [0.1, 0.15) is 33.7 Å². The number of anilines is 1. The third-order valence-corrected chi connectivity index (χ3v) is 9.07. The van der Waals surface area contributed by atoms with E-state index in [1.54, 1.807) is 30.5 Å². The largest absolute Gasteiger partial charge is 0.274 e. The van der Waals surface area contributed by atoms with Gasteiger partial charge in [-0.05, 0) is 39.9 Å². The van der Waals surface area contributed by atoms with Crippen LogP contribution in [0.4, 0.5) is 11.4 Å². The molecule has 1 fully saturated rings. The third kappa shape index (κ3) is 3.92. The molecule has 4 aromatic rings. The number of nitro groups is 1. The first kappa shape index (κ1) is 26.7. The van der Waals surface area contributed by atoms with E-state index in [1.165, 1.54) is 29.2 Å². The van der Waals surface area contributed by atoms with Crippen molar-refractivity contribution in [2.24, 2.45) is 16.9 Å². The average Bonchev–Trinajstić information content (AvgIpc) is 3.28. The first-order valence-corrected chi connectivity index (χ1v) is 14.1. The van der Waals surface area contributed by atoms with E-state index < -0.39 is 28.1 Å². The normalized spacial score (nSPS) is 23.2. The zero-order valence-electron chi connectivity index (χ0n) is 22.5. The number of carbonyl (C=O) groups excluding carboxylic acids is 3. The van der Waals surface area contributed by atoms with Crippen molar-refractivity contribution in [3.8, 4) is 0 Å². The molecule has 2 bridgehead atoms. The molecule has 0 radical (unpaired) electrons. The molecule has 3 amide bonds. The van der Waals surface area contributed by atoms with Crippen LogP contribution < -0.4 is 10.3 Å². The van der Waals surface area contributed by atoms with Crippen molar-refractivity contribution in [1.82, 2.24) is 5.43 Å². The van der Waals surface area contributed by atoms with Crippen LogP contribution in [0.25, 0.3) is 0 Å². The number of nitro benzene ring substituents is 1. The molecule has 0 aromatic heterocycles. The summed E-state index contributed by atoms with van der Waals surface area (Å²) < 4.78 is 0. The van der Waals surface area contributed by atoms with Crippen molar-refractivity contribution in [1.29, 1.82) is 0 Å². The molecule has 9 nitrogen and oxygen atoms in total. The van der Waals surface area contributed by atoms with Gasteiger partial charge in [0, 0.05) is 24.3 Å². The van der Waals surface area contributed by atoms with Crippen molar-refractivity contribution in [2.45, 2.75) is 17.8 Å². The highest BCUT2D eigenvalue weighted by Crippen LogP contribution is 2.63. The number of halogens is 1. The molecule has 1 N–H and O–H groups in total. The molecule has 8 rings (SSSR count). The Morgan fingerprint density at radius 1 is 0.907 bits per heavy atom. The van der Waals surface area contributed by atoms with Crippen molar-refractivity contribution >= 4 is 46.9 Å². The van der Waals surface area contributed by atoms with Gasteiger partial charge in [-0.25, -0.2) is 10.3 Å². The molecule has 10 heteroatoms. The first-order chi connectivity index (χ1) is 20.8. The molecule has 1 heterocycles. The molecule has 4 aromatic carbocycles. The molecule has 43 heavy (non-hydrogen) atoms. The van der Waals surface area contributed by atoms with Gasteiger partial charge in [0.05, 0.1) is 39.3 Å². The number of hydrogen-bond acceptors (Lipinski definition) is 6. The van der Waals surface area contributed by atoms with E-state index >= 15 is 0 Å². The Kier molecular flexibility index (Phi) is 6.21. The van der Waals surface area contributed by atoms with E-state index in [0.29, 0.717) is 16.3 Å². The minimum absolute atomic E-state index is 0.0542. The van der Waals surface area contributed by atoms with Crippen molar-refractivity contribution < 1.29 is 19.3 Å². The topological polar surface area (TPSA) is 122 Å². The van der Waals surface area contributed by atoms with E-state index in [-0.39, 0.29) is 29.8 Å². The number of amides is 3. The summed E-state index contributed by atoms with van der Waals surface area (Å²) in [6.45, 7) is 0. The number of carbonyl (C=O) groups is 3. The number of hydrazone groups is 1. The Balaban J connectivity index is 1.31. The van der Waals surface area contributed by atoms with Gasteiger partial charge < -0.3 is 0 Å². The number of imide groups is 1. The molecule has 4 aliphatic rings. The number of para-hydroxylation sites is 1. The summed E-state index contributed by atoms with van der Waals surface area (Å²) in [6, 6.07) is 28.0. The first-order valence-electron chi connectivity index (χ1n) is 13.7. The summed E-state index contributed by atoms with van der Waals surface area (Å²) in [5.74, 6) is -2.99. The number of hydrogen-bond donors (Lipinski definition) is 1. The Morgan fingerprint density at radius 3 is 2.14 bits per heavy atom. The summed E-state index contributed by atoms with van der Waals surface area (Å²) in [6.07, 6.45) is 1.54. The summed E-state index contributed by atoms with van der Waals surface area (Å²) in [7, 11) is 0. The minimum atomic E-state index is -1.14. The van der Waals surface area contributed by atoms with Gasteiger partial charge in [-0.15, -0.1) is 0 Å². The highest BCUT2D eigenvalue weighted by molar-refractivity contribution is 6.36. The number of nitrogens with one attached hydrogen (secondary N) is 1. The molecule has 1 aliphatic heterocycles. The van der Waals surface area contributed by atoms with Crippen LogP contribution in [0.2, 0.25) is 5.02 Å². The number of rotatable bonds is 6. The number of non-ortho nitro benzene ring substituents is 1. The lowest BCUT2D eigenvalue weighted by molar-refractivity contribution is -0.384. The molecular formula is C33H23ClN4O5. The fourth-order valence-corrected chi connectivity index (χ4v) is 7.31. The van der Waals surface area contributed by atoms with E-state index in [4.69, 9.17) is 11.6 Å². The lowest BCUT2D eigenvalue weighted by Crippen LogP contribution is -2.54. The Bertz CT molecular complexity index is 1820. The third-order valence-electron chi connectivity index (χ3n) is 8.75. The fraction of sp³-hybridized carbons (Fsp3) is 0.152. The maximum absolute atomic E-state index is 14.4. The van der Waals surface area contributed by atoms with Crippen LogP contribution in [0.5, 0.6) is 0 Å². The maximum atomic E-state index is 14.4. The van der Waals surface area contributed by atoms with E-state index in [2.05, 4.69) is 10.5 Å². The van der Waals surface area contributed by atoms with Crippen LogP contribution in [-0.2, 0) is 26.2 Å². The zero-order valence-corrected chi connectivity index (χ0v) is 23.3. The fourth-order valence-electron chi connectivity index (χ4n) is 7.09. The molecule has 3 aliphatic carbocycles. The molecule has 0 saturated carbocycles. The Morgan fingerprint density at radius 2 is 1.51 bits per heavy atom. The van der Waals surface area contributed by atoms with Gasteiger partial charge >= 0.3 is 0 Å². The lowest BCUT2D eigenvalue weighted by atomic mass is 9.47. The van der Waals surface area contributed by atoms with Gasteiger partial charge in [-0.2, -0.15) is 5.10 Å². The molecule has 212 valence electrons. The van der Waals surface area contributed by atoms with Crippen molar-refractivity contribution in [2.75, 3.05) is 4.90 Å². The van der Waals surface area contributed by atoms with Crippen LogP contribution in [0.3, 0.4) is 0 Å². The smallest absolute Gasteiger partial charge is 0.269 e. The molecule has 1 saturated heterocycles. The second-order valence-electron chi connectivity index (χ2n) is 10.9. The highest BCUT2D eigenvalue weighted by atomic mass is 35.5. The Hall–Kier alpha value is -5.15. The van der Waals surface area contributed by atoms with Crippen LogP contribution in [0.15, 0.2) is 102 Å². The van der Waals surface area contributed by atoms with E-state index in [1.807, 2.05) is 48.5 Å². The SMILES string of the molecule is O=C(Cc1ccc([N+](=O)[O-])cc1)N/N=C\C12c3ccccc3C(c3ccccc31)[C@H]1C(=O)N(c3ccccc3Cl)C(=O)[C@@H]12. The second-order valence-corrected chi connectivity index (χ2v) is 11.3. The van der Waals surface area contributed by atoms with Gasteiger partial charge in [0.1, 0.15) is 0 Å².